The lowest BCUT2D eigenvalue weighted by Crippen LogP contribution is -2.05. The maximum atomic E-state index is 5.65. The molecule has 0 bridgehead atoms. The molecule has 0 aliphatic carbocycles. The van der Waals surface area contributed by atoms with Crippen molar-refractivity contribution in [1.29, 1.82) is 0 Å². The molecule has 1 aromatic rings. The minimum Gasteiger partial charge on any atom is -0.476 e. The third-order valence-electron chi connectivity index (χ3n) is 1.57. The Balaban J connectivity index is 3.00. The molecule has 14 heavy (non-hydrogen) atoms. The van der Waals surface area contributed by atoms with Gasteiger partial charge in [-0.05, 0) is 19.9 Å². The Morgan fingerprint density at radius 2 is 1.50 bits per heavy atom. The molecule has 0 aromatic carbocycles. The second kappa shape index (κ2) is 4.55. The Kier molecular flexibility index (Phi) is 3.39. The summed E-state index contributed by atoms with van der Waals surface area (Å²) in [6.07, 6.45) is 0. The summed E-state index contributed by atoms with van der Waals surface area (Å²) in [5.41, 5.74) is 12.1. The van der Waals surface area contributed by atoms with Crippen molar-refractivity contribution in [2.45, 2.75) is 13.8 Å². The van der Waals surface area contributed by atoms with Gasteiger partial charge in [-0.15, -0.1) is 0 Å². The van der Waals surface area contributed by atoms with E-state index in [1.807, 2.05) is 13.8 Å². The van der Waals surface area contributed by atoms with Crippen LogP contribution in [0.15, 0.2) is 6.07 Å². The number of hydrogen-bond acceptors (Lipinski definition) is 5. The second-order valence-corrected chi connectivity index (χ2v) is 2.64. The summed E-state index contributed by atoms with van der Waals surface area (Å²) < 4.78 is 10.4. The van der Waals surface area contributed by atoms with Crippen LogP contribution in [0.25, 0.3) is 0 Å². The lowest BCUT2D eigenvalue weighted by molar-refractivity contribution is 0.301. The van der Waals surface area contributed by atoms with Crippen LogP contribution < -0.4 is 20.9 Å². The van der Waals surface area contributed by atoms with Crippen LogP contribution in [0.3, 0.4) is 0 Å². The summed E-state index contributed by atoms with van der Waals surface area (Å²) >= 11 is 0. The number of nitrogens with two attached hydrogens (primary N) is 2. The van der Waals surface area contributed by atoms with Crippen LogP contribution in [0.4, 0.5) is 11.4 Å². The normalized spacial score (nSPS) is 9.86. The summed E-state index contributed by atoms with van der Waals surface area (Å²) in [6.45, 7) is 4.73. The molecular weight excluding hydrogens is 182 g/mol. The third kappa shape index (κ3) is 2.18. The third-order valence-corrected chi connectivity index (χ3v) is 1.57. The number of pyridine rings is 1. The number of aromatic nitrogens is 1. The van der Waals surface area contributed by atoms with E-state index < -0.39 is 0 Å². The summed E-state index contributed by atoms with van der Waals surface area (Å²) in [5, 5.41) is 0. The molecule has 0 spiro atoms. The molecule has 0 aliphatic rings. The molecule has 0 amide bonds. The van der Waals surface area contributed by atoms with Crippen LogP contribution in [0.1, 0.15) is 13.8 Å². The van der Waals surface area contributed by atoms with Crippen LogP contribution in [0.2, 0.25) is 0 Å². The fourth-order valence-corrected chi connectivity index (χ4v) is 1.02. The fourth-order valence-electron chi connectivity index (χ4n) is 1.02. The van der Waals surface area contributed by atoms with Gasteiger partial charge in [-0.1, -0.05) is 0 Å². The highest BCUT2D eigenvalue weighted by molar-refractivity contribution is 5.62. The number of ether oxygens (including phenoxy) is 2. The smallest absolute Gasteiger partial charge is 0.240 e. The molecule has 4 N–H and O–H groups in total. The lowest BCUT2D eigenvalue weighted by Gasteiger charge is -2.10. The SMILES string of the molecule is CCOc1nc(OCC)c(N)cc1N. The monoisotopic (exact) mass is 197 g/mol. The summed E-state index contributed by atoms with van der Waals surface area (Å²) in [4.78, 5) is 4.06. The Hall–Kier alpha value is -1.65. The van der Waals surface area contributed by atoms with E-state index in [4.69, 9.17) is 20.9 Å². The Bertz CT molecular complexity index is 288. The standard InChI is InChI=1S/C9H15N3O2/c1-3-13-8-6(10)5-7(11)9(12-8)14-4-2/h5H,3-4,10-11H2,1-2H3. The molecule has 1 heterocycles. The molecule has 0 aliphatic heterocycles. The van der Waals surface area contributed by atoms with E-state index in [9.17, 15) is 0 Å². The van der Waals surface area contributed by atoms with Crippen molar-refractivity contribution in [3.63, 3.8) is 0 Å². The van der Waals surface area contributed by atoms with E-state index in [2.05, 4.69) is 4.98 Å². The fraction of sp³-hybridized carbons (Fsp3) is 0.444. The van der Waals surface area contributed by atoms with E-state index in [0.717, 1.165) is 0 Å². The molecule has 1 rings (SSSR count). The molecule has 78 valence electrons. The van der Waals surface area contributed by atoms with E-state index in [1.165, 1.54) is 0 Å². The Morgan fingerprint density at radius 3 is 1.86 bits per heavy atom. The van der Waals surface area contributed by atoms with E-state index >= 15 is 0 Å². The first kappa shape index (κ1) is 10.4. The van der Waals surface area contributed by atoms with Crippen molar-refractivity contribution < 1.29 is 9.47 Å². The number of rotatable bonds is 4. The van der Waals surface area contributed by atoms with Crippen LogP contribution >= 0.6 is 0 Å². The number of anilines is 2. The van der Waals surface area contributed by atoms with Gasteiger partial charge < -0.3 is 20.9 Å². The first-order valence-electron chi connectivity index (χ1n) is 4.50. The average Bonchev–Trinajstić information content (AvgIpc) is 2.14. The zero-order valence-corrected chi connectivity index (χ0v) is 8.41. The first-order valence-corrected chi connectivity index (χ1v) is 4.50. The molecule has 0 unspecified atom stereocenters. The molecule has 0 radical (unpaired) electrons. The van der Waals surface area contributed by atoms with Gasteiger partial charge in [0.05, 0.1) is 24.6 Å². The minimum atomic E-state index is 0.366. The van der Waals surface area contributed by atoms with Gasteiger partial charge in [0.15, 0.2) is 0 Å². The van der Waals surface area contributed by atoms with Crippen molar-refractivity contribution in [3.8, 4) is 11.8 Å². The molecule has 1 aromatic heterocycles. The predicted octanol–water partition coefficient (Wildman–Crippen LogP) is 1.04. The number of hydrogen-bond donors (Lipinski definition) is 2. The topological polar surface area (TPSA) is 83.4 Å². The number of nitrogens with zero attached hydrogens (tertiary/aromatic N) is 1. The van der Waals surface area contributed by atoms with Gasteiger partial charge in [0.2, 0.25) is 11.8 Å². The van der Waals surface area contributed by atoms with Crippen LogP contribution in [-0.2, 0) is 0 Å². The van der Waals surface area contributed by atoms with Crippen LogP contribution in [0, 0.1) is 0 Å². The van der Waals surface area contributed by atoms with Gasteiger partial charge >= 0.3 is 0 Å². The van der Waals surface area contributed by atoms with Gasteiger partial charge in [-0.3, -0.25) is 0 Å². The molecule has 0 fully saturated rings. The van der Waals surface area contributed by atoms with Crippen molar-refractivity contribution in [1.82, 2.24) is 4.98 Å². The maximum absolute atomic E-state index is 5.65. The second-order valence-electron chi connectivity index (χ2n) is 2.64. The first-order chi connectivity index (χ1) is 6.69. The quantitative estimate of drug-likeness (QED) is 0.753. The lowest BCUT2D eigenvalue weighted by atomic mass is 10.3. The molecule has 5 nitrogen and oxygen atoms in total. The summed E-state index contributed by atoms with van der Waals surface area (Å²) in [5.74, 6) is 0.732. The van der Waals surface area contributed by atoms with Crippen molar-refractivity contribution in [3.05, 3.63) is 6.07 Å². The maximum Gasteiger partial charge on any atom is 0.240 e. The number of nitrogen functional groups attached to an aromatic ring is 2. The molecular formula is C9H15N3O2. The molecule has 5 heteroatoms. The van der Waals surface area contributed by atoms with E-state index in [0.29, 0.717) is 36.3 Å². The highest BCUT2D eigenvalue weighted by atomic mass is 16.5. The van der Waals surface area contributed by atoms with Gasteiger partial charge in [-0.2, -0.15) is 4.98 Å². The van der Waals surface area contributed by atoms with Crippen molar-refractivity contribution in [2.75, 3.05) is 24.7 Å². The minimum absolute atomic E-state index is 0.366. The molecule has 0 saturated heterocycles. The van der Waals surface area contributed by atoms with E-state index in [-0.39, 0.29) is 0 Å². The zero-order valence-electron chi connectivity index (χ0n) is 8.41. The largest absolute Gasteiger partial charge is 0.476 e. The molecule has 0 atom stereocenters. The van der Waals surface area contributed by atoms with Crippen molar-refractivity contribution >= 4 is 11.4 Å². The Morgan fingerprint density at radius 1 is 1.07 bits per heavy atom. The molecule has 0 saturated carbocycles. The highest BCUT2D eigenvalue weighted by Gasteiger charge is 2.08. The predicted molar refractivity (Wildman–Crippen MR) is 55.4 cm³/mol. The van der Waals surface area contributed by atoms with Gasteiger partial charge in [0, 0.05) is 0 Å². The van der Waals surface area contributed by atoms with Gasteiger partial charge in [-0.25, -0.2) is 0 Å². The van der Waals surface area contributed by atoms with Crippen LogP contribution in [0.5, 0.6) is 11.8 Å². The van der Waals surface area contributed by atoms with Gasteiger partial charge in [0.25, 0.3) is 0 Å². The highest BCUT2D eigenvalue weighted by Crippen LogP contribution is 2.28. The van der Waals surface area contributed by atoms with Crippen LogP contribution in [-0.4, -0.2) is 18.2 Å². The average molecular weight is 197 g/mol. The zero-order chi connectivity index (χ0) is 10.6. The van der Waals surface area contributed by atoms with Crippen molar-refractivity contribution in [2.24, 2.45) is 0 Å². The Labute approximate surface area is 83.0 Å². The summed E-state index contributed by atoms with van der Waals surface area (Å²) in [7, 11) is 0. The summed E-state index contributed by atoms with van der Waals surface area (Å²) in [6, 6.07) is 1.59. The van der Waals surface area contributed by atoms with E-state index in [1.54, 1.807) is 6.07 Å². The van der Waals surface area contributed by atoms with Gasteiger partial charge in [0.1, 0.15) is 0 Å².